The number of H-pyrrole nitrogens is 1. The van der Waals surface area contributed by atoms with Crippen molar-refractivity contribution >= 4 is 29.0 Å². The summed E-state index contributed by atoms with van der Waals surface area (Å²) in [7, 11) is 1.59. The van der Waals surface area contributed by atoms with Crippen LogP contribution in [-0.4, -0.2) is 21.5 Å². The molecule has 0 fully saturated rings. The number of carbonyl (C=O) groups excluding carboxylic acids is 1. The summed E-state index contributed by atoms with van der Waals surface area (Å²) in [6, 6.07) is 6.26. The summed E-state index contributed by atoms with van der Waals surface area (Å²) in [4.78, 5) is 27.2. The van der Waals surface area contributed by atoms with Crippen LogP contribution in [0, 0.1) is 16.1 Å². The summed E-state index contributed by atoms with van der Waals surface area (Å²) in [5.74, 6) is -0.345. The van der Waals surface area contributed by atoms with Crippen molar-refractivity contribution in [3.05, 3.63) is 38.9 Å². The van der Waals surface area contributed by atoms with Crippen LogP contribution in [0.25, 0.3) is 10.9 Å². The average molecular weight is 316 g/mol. The van der Waals surface area contributed by atoms with E-state index >= 15 is 0 Å². The predicted molar refractivity (Wildman–Crippen MR) is 86.1 cm³/mol. The topological polar surface area (TPSA) is 90.7 Å². The van der Waals surface area contributed by atoms with Gasteiger partial charge in [0.2, 0.25) is 0 Å². The highest BCUT2D eigenvalue weighted by molar-refractivity contribution is 7.71. The average Bonchev–Trinajstić information content (AvgIpc) is 2.51. The molecular weight excluding hydrogens is 300 g/mol. The largest absolute Gasteiger partial charge is 0.336 e. The van der Waals surface area contributed by atoms with E-state index in [0.717, 1.165) is 6.42 Å². The number of nitriles is 1. The first kappa shape index (κ1) is 15.9. The second-order valence-electron chi connectivity index (χ2n) is 5.00. The Hall–Kier alpha value is -2.46. The van der Waals surface area contributed by atoms with E-state index in [1.807, 2.05) is 6.92 Å². The molecule has 0 aliphatic carbocycles. The zero-order valence-electron chi connectivity index (χ0n) is 12.3. The number of nitrogens with one attached hydrogen (secondary N) is 2. The van der Waals surface area contributed by atoms with Crippen LogP contribution in [0.5, 0.6) is 0 Å². The lowest BCUT2D eigenvalue weighted by Crippen LogP contribution is -2.33. The van der Waals surface area contributed by atoms with Crippen molar-refractivity contribution in [1.29, 1.82) is 5.26 Å². The summed E-state index contributed by atoms with van der Waals surface area (Å²) in [5.41, 5.74) is 0.666. The fourth-order valence-electron chi connectivity index (χ4n) is 2.15. The molecule has 0 radical (unpaired) electrons. The van der Waals surface area contributed by atoms with Gasteiger partial charge < -0.3 is 10.3 Å². The molecule has 2 rings (SSSR count). The van der Waals surface area contributed by atoms with Crippen LogP contribution in [-0.2, 0) is 7.05 Å². The van der Waals surface area contributed by atoms with Crippen molar-refractivity contribution in [2.75, 3.05) is 0 Å². The van der Waals surface area contributed by atoms with Crippen molar-refractivity contribution in [1.82, 2.24) is 14.9 Å². The van der Waals surface area contributed by atoms with Gasteiger partial charge in [-0.1, -0.05) is 13.3 Å². The summed E-state index contributed by atoms with van der Waals surface area (Å²) < 4.78 is 1.63. The van der Waals surface area contributed by atoms with E-state index in [1.54, 1.807) is 25.2 Å². The van der Waals surface area contributed by atoms with Gasteiger partial charge in [-0.25, -0.2) is 0 Å². The first-order chi connectivity index (χ1) is 10.5. The number of hydrogen-bond acceptors (Lipinski definition) is 4. The molecule has 0 aliphatic rings. The van der Waals surface area contributed by atoms with Crippen molar-refractivity contribution in [3.63, 3.8) is 0 Å². The standard InChI is InChI=1S/C15H16N4O2S/c1-3-4-10(8-16)17-13(20)9-5-6-11-12(7-9)18-15(22)19(2)14(11)21/h5-7,10H,3-4H2,1-2H3,(H,17,20)(H,18,22). The van der Waals surface area contributed by atoms with Gasteiger partial charge in [-0.05, 0) is 36.8 Å². The van der Waals surface area contributed by atoms with E-state index in [1.165, 1.54) is 4.57 Å². The van der Waals surface area contributed by atoms with Gasteiger partial charge in [-0.3, -0.25) is 14.2 Å². The minimum atomic E-state index is -0.518. The number of aromatic amines is 1. The van der Waals surface area contributed by atoms with Crippen LogP contribution in [0.1, 0.15) is 30.1 Å². The van der Waals surface area contributed by atoms with Crippen LogP contribution in [0.3, 0.4) is 0 Å². The highest BCUT2D eigenvalue weighted by atomic mass is 32.1. The highest BCUT2D eigenvalue weighted by Gasteiger charge is 2.13. The monoisotopic (exact) mass is 316 g/mol. The molecule has 1 heterocycles. The smallest absolute Gasteiger partial charge is 0.261 e. The Balaban J connectivity index is 2.40. The Morgan fingerprint density at radius 2 is 2.27 bits per heavy atom. The number of carbonyl (C=O) groups is 1. The number of nitrogens with zero attached hydrogens (tertiary/aromatic N) is 2. The molecule has 2 aromatic rings. The molecule has 22 heavy (non-hydrogen) atoms. The lowest BCUT2D eigenvalue weighted by atomic mass is 10.1. The van der Waals surface area contributed by atoms with Gasteiger partial charge in [0.25, 0.3) is 11.5 Å². The molecule has 1 unspecified atom stereocenters. The first-order valence-corrected chi connectivity index (χ1v) is 7.32. The molecule has 0 saturated heterocycles. The molecule has 1 aromatic heterocycles. The third-order valence-corrected chi connectivity index (χ3v) is 3.78. The third-order valence-electron chi connectivity index (χ3n) is 3.40. The maximum absolute atomic E-state index is 12.2. The summed E-state index contributed by atoms with van der Waals surface area (Å²) in [6.45, 7) is 1.95. The molecule has 6 nitrogen and oxygen atoms in total. The minimum Gasteiger partial charge on any atom is -0.336 e. The van der Waals surface area contributed by atoms with Gasteiger partial charge in [0.1, 0.15) is 6.04 Å². The molecule has 1 amide bonds. The van der Waals surface area contributed by atoms with Gasteiger partial charge in [-0.15, -0.1) is 0 Å². The fourth-order valence-corrected chi connectivity index (χ4v) is 2.34. The highest BCUT2D eigenvalue weighted by Crippen LogP contribution is 2.11. The summed E-state index contributed by atoms with van der Waals surface area (Å²) >= 11 is 5.06. The van der Waals surface area contributed by atoms with Gasteiger partial charge in [-0.2, -0.15) is 5.26 Å². The van der Waals surface area contributed by atoms with E-state index < -0.39 is 6.04 Å². The minimum absolute atomic E-state index is 0.216. The van der Waals surface area contributed by atoms with Crippen molar-refractivity contribution < 1.29 is 4.79 Å². The first-order valence-electron chi connectivity index (χ1n) is 6.91. The number of amides is 1. The molecule has 0 spiro atoms. The molecular formula is C15H16N4O2S. The maximum Gasteiger partial charge on any atom is 0.261 e. The van der Waals surface area contributed by atoms with E-state index in [2.05, 4.69) is 16.4 Å². The maximum atomic E-state index is 12.2. The van der Waals surface area contributed by atoms with Gasteiger partial charge in [0.15, 0.2) is 4.77 Å². The fraction of sp³-hybridized carbons (Fsp3) is 0.333. The van der Waals surface area contributed by atoms with E-state index in [-0.39, 0.29) is 16.2 Å². The Labute approximate surface area is 132 Å². The van der Waals surface area contributed by atoms with Crippen LogP contribution in [0.15, 0.2) is 23.0 Å². The molecule has 0 bridgehead atoms. The molecule has 0 aliphatic heterocycles. The number of aromatic nitrogens is 2. The lowest BCUT2D eigenvalue weighted by molar-refractivity contribution is 0.0944. The SMILES string of the molecule is CCCC(C#N)NC(=O)c1ccc2c(=O)n(C)c(=S)[nH]c2c1. The Bertz CT molecular complexity index is 876. The number of benzene rings is 1. The number of hydrogen-bond donors (Lipinski definition) is 2. The second-order valence-corrected chi connectivity index (χ2v) is 5.39. The Kier molecular flexibility index (Phi) is 4.73. The van der Waals surface area contributed by atoms with Gasteiger partial charge in [0.05, 0.1) is 17.0 Å². The van der Waals surface area contributed by atoms with Gasteiger partial charge >= 0.3 is 0 Å². The number of rotatable bonds is 4. The molecule has 1 aromatic carbocycles. The van der Waals surface area contributed by atoms with Crippen LogP contribution < -0.4 is 10.9 Å². The van der Waals surface area contributed by atoms with E-state index in [0.29, 0.717) is 22.9 Å². The van der Waals surface area contributed by atoms with Crippen LogP contribution in [0.2, 0.25) is 0 Å². The number of fused-ring (bicyclic) bond motifs is 1. The Morgan fingerprint density at radius 1 is 1.55 bits per heavy atom. The normalized spacial score (nSPS) is 11.9. The summed E-state index contributed by atoms with van der Waals surface area (Å²) in [5, 5.41) is 12.1. The van der Waals surface area contributed by atoms with Crippen LogP contribution in [0.4, 0.5) is 0 Å². The summed E-state index contributed by atoms with van der Waals surface area (Å²) in [6.07, 6.45) is 1.40. The van der Waals surface area contributed by atoms with E-state index in [4.69, 9.17) is 17.5 Å². The molecule has 0 saturated carbocycles. The van der Waals surface area contributed by atoms with Crippen molar-refractivity contribution in [2.24, 2.45) is 7.05 Å². The molecule has 114 valence electrons. The van der Waals surface area contributed by atoms with Crippen molar-refractivity contribution in [3.8, 4) is 6.07 Å². The Morgan fingerprint density at radius 3 is 2.91 bits per heavy atom. The van der Waals surface area contributed by atoms with E-state index in [9.17, 15) is 9.59 Å². The van der Waals surface area contributed by atoms with Crippen molar-refractivity contribution in [2.45, 2.75) is 25.8 Å². The quantitative estimate of drug-likeness (QED) is 0.844. The molecule has 1 atom stereocenters. The lowest BCUT2D eigenvalue weighted by Gasteiger charge is -2.11. The third kappa shape index (κ3) is 3.07. The zero-order chi connectivity index (χ0) is 16.3. The van der Waals surface area contributed by atoms with Crippen LogP contribution >= 0.6 is 12.2 Å². The molecule has 7 heteroatoms. The second kappa shape index (κ2) is 6.54. The predicted octanol–water partition coefficient (Wildman–Crippen LogP) is 2.02. The molecule has 2 N–H and O–H groups in total. The van der Waals surface area contributed by atoms with Gasteiger partial charge in [0, 0.05) is 12.6 Å². The zero-order valence-corrected chi connectivity index (χ0v) is 13.2.